The second kappa shape index (κ2) is 7.27. The first-order valence-corrected chi connectivity index (χ1v) is 10.5. The minimum atomic E-state index is -3.67. The van der Waals surface area contributed by atoms with Crippen LogP contribution in [0.4, 0.5) is 0 Å². The Labute approximate surface area is 138 Å². The zero-order valence-corrected chi connectivity index (χ0v) is 14.9. The van der Waals surface area contributed by atoms with Crippen molar-refractivity contribution in [1.82, 2.24) is 14.8 Å². The lowest BCUT2D eigenvalue weighted by atomic mass is 9.94. The van der Waals surface area contributed by atoms with Crippen LogP contribution in [0.3, 0.4) is 0 Å². The zero-order chi connectivity index (χ0) is 17.1. The summed E-state index contributed by atoms with van der Waals surface area (Å²) in [5, 5.41) is 3.26. The van der Waals surface area contributed by atoms with Gasteiger partial charge in [-0.3, -0.25) is 0 Å². The van der Waals surface area contributed by atoms with E-state index in [2.05, 4.69) is 14.8 Å². The monoisotopic (exact) mass is 361 g/mol. The van der Waals surface area contributed by atoms with Gasteiger partial charge in [0.1, 0.15) is 0 Å². The third-order valence-electron chi connectivity index (χ3n) is 4.10. The SMILES string of the molecule is CNS(=O)(=O)c1ccc(S(=O)(=O)NC(C)C2CCCNC2)cc1. The molecule has 1 aliphatic heterocycles. The molecule has 23 heavy (non-hydrogen) atoms. The van der Waals surface area contributed by atoms with Crippen LogP contribution in [0.1, 0.15) is 19.8 Å². The van der Waals surface area contributed by atoms with Crippen molar-refractivity contribution in [3.8, 4) is 0 Å². The fourth-order valence-corrected chi connectivity index (χ4v) is 4.67. The van der Waals surface area contributed by atoms with Crippen molar-refractivity contribution in [2.45, 2.75) is 35.6 Å². The molecule has 0 aliphatic carbocycles. The largest absolute Gasteiger partial charge is 0.316 e. The van der Waals surface area contributed by atoms with Gasteiger partial charge in [0.15, 0.2) is 0 Å². The average Bonchev–Trinajstić information content (AvgIpc) is 2.55. The van der Waals surface area contributed by atoms with Gasteiger partial charge in [-0.2, -0.15) is 0 Å². The minimum Gasteiger partial charge on any atom is -0.316 e. The lowest BCUT2D eigenvalue weighted by molar-refractivity contribution is 0.320. The number of hydrogen-bond donors (Lipinski definition) is 3. The predicted octanol–water partition coefficient (Wildman–Crippen LogP) is 0.261. The number of sulfonamides is 2. The highest BCUT2D eigenvalue weighted by Gasteiger charge is 2.25. The maximum Gasteiger partial charge on any atom is 0.240 e. The van der Waals surface area contributed by atoms with Gasteiger partial charge in [0.25, 0.3) is 0 Å². The first kappa shape index (κ1) is 18.3. The third-order valence-corrected chi connectivity index (χ3v) is 7.10. The lowest BCUT2D eigenvalue weighted by Gasteiger charge is -2.28. The van der Waals surface area contributed by atoms with E-state index in [-0.39, 0.29) is 21.8 Å². The summed E-state index contributed by atoms with van der Waals surface area (Å²) in [4.78, 5) is 0.0895. The Morgan fingerprint density at radius 3 is 2.13 bits per heavy atom. The van der Waals surface area contributed by atoms with Crippen molar-refractivity contribution in [3.63, 3.8) is 0 Å². The summed E-state index contributed by atoms with van der Waals surface area (Å²) in [6.45, 7) is 3.62. The summed E-state index contributed by atoms with van der Waals surface area (Å²) >= 11 is 0. The summed E-state index contributed by atoms with van der Waals surface area (Å²) in [6, 6.07) is 4.99. The molecule has 0 bridgehead atoms. The average molecular weight is 361 g/mol. The molecule has 0 aromatic heterocycles. The van der Waals surface area contributed by atoms with Crippen molar-refractivity contribution in [3.05, 3.63) is 24.3 Å². The zero-order valence-electron chi connectivity index (χ0n) is 13.2. The van der Waals surface area contributed by atoms with Crippen LogP contribution in [0.5, 0.6) is 0 Å². The normalized spacial score (nSPS) is 21.0. The number of nitrogens with one attached hydrogen (secondary N) is 3. The molecule has 1 saturated heterocycles. The van der Waals surface area contributed by atoms with Crippen molar-refractivity contribution in [1.29, 1.82) is 0 Å². The standard InChI is InChI=1S/C14H23N3O4S2/c1-11(12-4-3-9-16-10-12)17-23(20,21)14-7-5-13(6-8-14)22(18,19)15-2/h5-8,11-12,15-17H,3-4,9-10H2,1-2H3. The highest BCUT2D eigenvalue weighted by Crippen LogP contribution is 2.18. The molecule has 1 heterocycles. The first-order chi connectivity index (χ1) is 10.8. The lowest BCUT2D eigenvalue weighted by Crippen LogP contribution is -2.44. The highest BCUT2D eigenvalue weighted by molar-refractivity contribution is 7.90. The summed E-state index contributed by atoms with van der Waals surface area (Å²) in [7, 11) is -5.94. The van der Waals surface area contributed by atoms with Gasteiger partial charge in [-0.15, -0.1) is 0 Å². The molecule has 0 spiro atoms. The van der Waals surface area contributed by atoms with Gasteiger partial charge in [0.2, 0.25) is 20.0 Å². The number of hydrogen-bond acceptors (Lipinski definition) is 5. The molecular weight excluding hydrogens is 338 g/mol. The molecular formula is C14H23N3O4S2. The van der Waals surface area contributed by atoms with E-state index in [1.807, 2.05) is 6.92 Å². The molecule has 3 N–H and O–H groups in total. The molecule has 0 amide bonds. The molecule has 2 unspecified atom stereocenters. The fraction of sp³-hybridized carbons (Fsp3) is 0.571. The van der Waals surface area contributed by atoms with Crippen LogP contribution in [0.25, 0.3) is 0 Å². The van der Waals surface area contributed by atoms with E-state index in [9.17, 15) is 16.8 Å². The van der Waals surface area contributed by atoms with Crippen LogP contribution in [0, 0.1) is 5.92 Å². The van der Waals surface area contributed by atoms with E-state index < -0.39 is 20.0 Å². The number of rotatable bonds is 6. The predicted molar refractivity (Wildman–Crippen MR) is 88.1 cm³/mol. The molecule has 9 heteroatoms. The molecule has 2 atom stereocenters. The second-order valence-electron chi connectivity index (χ2n) is 5.70. The summed E-state index contributed by atoms with van der Waals surface area (Å²) in [5.41, 5.74) is 0. The van der Waals surface area contributed by atoms with Crippen molar-refractivity contribution in [2.75, 3.05) is 20.1 Å². The molecule has 130 valence electrons. The van der Waals surface area contributed by atoms with Crippen LogP contribution in [0.2, 0.25) is 0 Å². The highest BCUT2D eigenvalue weighted by atomic mass is 32.2. The Bertz CT molecular complexity index is 724. The Morgan fingerprint density at radius 2 is 1.65 bits per heavy atom. The Hall–Kier alpha value is -1.00. The van der Waals surface area contributed by atoms with E-state index in [1.54, 1.807) is 0 Å². The van der Waals surface area contributed by atoms with Crippen molar-refractivity contribution < 1.29 is 16.8 Å². The summed E-state index contributed by atoms with van der Waals surface area (Å²) < 4.78 is 53.0. The Kier molecular flexibility index (Phi) is 5.79. The van der Waals surface area contributed by atoms with Crippen molar-refractivity contribution >= 4 is 20.0 Å². The van der Waals surface area contributed by atoms with Crippen LogP contribution < -0.4 is 14.8 Å². The Morgan fingerprint density at radius 1 is 1.09 bits per heavy atom. The Balaban J connectivity index is 2.13. The van der Waals surface area contributed by atoms with Crippen LogP contribution >= 0.6 is 0 Å². The molecule has 0 radical (unpaired) electrons. The molecule has 0 saturated carbocycles. The maximum absolute atomic E-state index is 12.4. The van der Waals surface area contributed by atoms with Crippen molar-refractivity contribution in [2.24, 2.45) is 5.92 Å². The quantitative estimate of drug-likeness (QED) is 0.674. The molecule has 1 aliphatic rings. The van der Waals surface area contributed by atoms with E-state index in [0.717, 1.165) is 25.9 Å². The van der Waals surface area contributed by atoms with Gasteiger partial charge < -0.3 is 5.32 Å². The van der Waals surface area contributed by atoms with Gasteiger partial charge in [-0.1, -0.05) is 0 Å². The van der Waals surface area contributed by atoms with Crippen LogP contribution in [-0.4, -0.2) is 43.0 Å². The van der Waals surface area contributed by atoms with E-state index in [4.69, 9.17) is 0 Å². The number of benzene rings is 1. The van der Waals surface area contributed by atoms with Gasteiger partial charge in [-0.25, -0.2) is 26.3 Å². The van der Waals surface area contributed by atoms with Gasteiger partial charge in [0, 0.05) is 6.04 Å². The topological polar surface area (TPSA) is 104 Å². The first-order valence-electron chi connectivity index (χ1n) is 7.53. The minimum absolute atomic E-state index is 0.0310. The van der Waals surface area contributed by atoms with Gasteiger partial charge in [0.05, 0.1) is 9.79 Å². The molecule has 2 rings (SSSR count). The van der Waals surface area contributed by atoms with E-state index in [0.29, 0.717) is 0 Å². The molecule has 1 aromatic carbocycles. The van der Waals surface area contributed by atoms with E-state index in [1.165, 1.54) is 31.3 Å². The maximum atomic E-state index is 12.4. The van der Waals surface area contributed by atoms with Gasteiger partial charge in [-0.05, 0) is 70.1 Å². The molecule has 1 fully saturated rings. The van der Waals surface area contributed by atoms with Gasteiger partial charge >= 0.3 is 0 Å². The molecule has 7 nitrogen and oxygen atoms in total. The fourth-order valence-electron chi connectivity index (χ4n) is 2.63. The summed E-state index contributed by atoms with van der Waals surface area (Å²) in [6.07, 6.45) is 2.02. The smallest absolute Gasteiger partial charge is 0.240 e. The van der Waals surface area contributed by atoms with Crippen LogP contribution in [-0.2, 0) is 20.0 Å². The van der Waals surface area contributed by atoms with E-state index >= 15 is 0 Å². The second-order valence-corrected chi connectivity index (χ2v) is 9.30. The molecule has 1 aromatic rings. The number of piperidine rings is 1. The third kappa shape index (κ3) is 4.51. The van der Waals surface area contributed by atoms with Crippen LogP contribution in [0.15, 0.2) is 34.1 Å². The summed E-state index contributed by atoms with van der Waals surface area (Å²) in [5.74, 6) is 0.252.